The molecule has 3 aromatic rings. The summed E-state index contributed by atoms with van der Waals surface area (Å²) in [4.78, 5) is 30.2. The smallest absolute Gasteiger partial charge is 0.262 e. The van der Waals surface area contributed by atoms with Gasteiger partial charge in [-0.05, 0) is 55.0 Å². The molecular weight excluding hydrogens is 394 g/mol. The summed E-state index contributed by atoms with van der Waals surface area (Å²) in [5.74, 6) is 1.49. The predicted molar refractivity (Wildman–Crippen MR) is 122 cm³/mol. The Morgan fingerprint density at radius 3 is 2.60 bits per heavy atom. The van der Waals surface area contributed by atoms with E-state index in [4.69, 9.17) is 4.98 Å². The molecule has 1 heterocycles. The number of rotatable bonds is 8. The number of carbonyl (C=O) groups is 1. The molecule has 1 N–H and O–H groups in total. The summed E-state index contributed by atoms with van der Waals surface area (Å²) in [6.07, 6.45) is 3.20. The molecule has 0 unspecified atom stereocenters. The Balaban J connectivity index is 1.60. The zero-order valence-electron chi connectivity index (χ0n) is 17.4. The second kappa shape index (κ2) is 9.04. The van der Waals surface area contributed by atoms with E-state index in [-0.39, 0.29) is 11.5 Å². The highest BCUT2D eigenvalue weighted by Crippen LogP contribution is 2.22. The third kappa shape index (κ3) is 4.93. The first-order valence-corrected chi connectivity index (χ1v) is 11.5. The van der Waals surface area contributed by atoms with Gasteiger partial charge in [0.1, 0.15) is 0 Å². The van der Waals surface area contributed by atoms with Gasteiger partial charge in [-0.25, -0.2) is 4.98 Å². The Kier molecular flexibility index (Phi) is 6.23. The van der Waals surface area contributed by atoms with Crippen LogP contribution in [0.5, 0.6) is 0 Å². The van der Waals surface area contributed by atoms with Crippen molar-refractivity contribution in [3.05, 3.63) is 70.0 Å². The predicted octanol–water partition coefficient (Wildman–Crippen LogP) is 4.48. The molecule has 0 bridgehead atoms. The van der Waals surface area contributed by atoms with Crippen molar-refractivity contribution in [1.29, 1.82) is 0 Å². The molecule has 0 saturated heterocycles. The first kappa shape index (κ1) is 20.7. The van der Waals surface area contributed by atoms with Gasteiger partial charge in [-0.2, -0.15) is 0 Å². The summed E-state index contributed by atoms with van der Waals surface area (Å²) in [6.45, 7) is 4.83. The number of para-hydroxylation sites is 1. The molecule has 1 saturated carbocycles. The van der Waals surface area contributed by atoms with Crippen molar-refractivity contribution in [2.45, 2.75) is 50.9 Å². The molecule has 156 valence electrons. The average Bonchev–Trinajstić information content (AvgIpc) is 3.55. The minimum Gasteiger partial charge on any atom is -0.349 e. The topological polar surface area (TPSA) is 64.0 Å². The number of thioether (sulfide) groups is 1. The Bertz CT molecular complexity index is 1100. The Morgan fingerprint density at radius 2 is 1.90 bits per heavy atom. The molecule has 1 fully saturated rings. The average molecular weight is 422 g/mol. The van der Waals surface area contributed by atoms with E-state index in [2.05, 4.69) is 19.2 Å². The highest BCUT2D eigenvalue weighted by molar-refractivity contribution is 7.99. The molecule has 6 heteroatoms. The summed E-state index contributed by atoms with van der Waals surface area (Å²) in [6, 6.07) is 15.3. The van der Waals surface area contributed by atoms with Gasteiger partial charge in [0, 0.05) is 17.4 Å². The fraction of sp³-hybridized carbons (Fsp3) is 0.375. The van der Waals surface area contributed by atoms with E-state index in [0.29, 0.717) is 29.5 Å². The van der Waals surface area contributed by atoms with Crippen molar-refractivity contribution in [3.63, 3.8) is 0 Å². The zero-order chi connectivity index (χ0) is 21.1. The van der Waals surface area contributed by atoms with Crippen LogP contribution in [0.25, 0.3) is 10.9 Å². The third-order valence-corrected chi connectivity index (χ3v) is 6.23. The lowest BCUT2D eigenvalue weighted by atomic mass is 10.1. The molecule has 0 spiro atoms. The van der Waals surface area contributed by atoms with Gasteiger partial charge in [0.25, 0.3) is 11.5 Å². The van der Waals surface area contributed by atoms with E-state index in [1.54, 1.807) is 16.3 Å². The van der Waals surface area contributed by atoms with E-state index in [1.165, 1.54) is 0 Å². The molecule has 1 aliphatic rings. The maximum Gasteiger partial charge on any atom is 0.262 e. The van der Waals surface area contributed by atoms with Crippen LogP contribution in [0.4, 0.5) is 0 Å². The normalized spacial score (nSPS) is 13.7. The standard InChI is InChI=1S/C24H27N3O2S/c1-16(2)13-14-30-24-26-21-6-4-3-5-20(21)23(29)27(24)15-17-7-9-18(10-8-17)22(28)25-19-11-12-19/h3-10,16,19H,11-15H2,1-2H3,(H,25,28). The van der Waals surface area contributed by atoms with Crippen molar-refractivity contribution >= 4 is 28.6 Å². The lowest BCUT2D eigenvalue weighted by molar-refractivity contribution is 0.0951. The Hall–Kier alpha value is -2.60. The van der Waals surface area contributed by atoms with Gasteiger partial charge in [0.2, 0.25) is 0 Å². The molecule has 1 aliphatic carbocycles. The van der Waals surface area contributed by atoms with Crippen LogP contribution < -0.4 is 10.9 Å². The van der Waals surface area contributed by atoms with Crippen molar-refractivity contribution in [3.8, 4) is 0 Å². The quantitative estimate of drug-likeness (QED) is 0.430. The minimum absolute atomic E-state index is 0.0248. The summed E-state index contributed by atoms with van der Waals surface area (Å²) >= 11 is 1.63. The molecule has 5 nitrogen and oxygen atoms in total. The monoisotopic (exact) mass is 421 g/mol. The number of fused-ring (bicyclic) bond motifs is 1. The van der Waals surface area contributed by atoms with Crippen molar-refractivity contribution in [2.75, 3.05) is 5.75 Å². The first-order valence-electron chi connectivity index (χ1n) is 10.5. The van der Waals surface area contributed by atoms with Crippen molar-refractivity contribution in [2.24, 2.45) is 5.92 Å². The summed E-state index contributed by atoms with van der Waals surface area (Å²) in [5, 5.41) is 4.38. The number of amides is 1. The molecule has 4 rings (SSSR count). The third-order valence-electron chi connectivity index (χ3n) is 5.22. The van der Waals surface area contributed by atoms with Crippen LogP contribution in [0.2, 0.25) is 0 Å². The summed E-state index contributed by atoms with van der Waals surface area (Å²) in [7, 11) is 0. The van der Waals surface area contributed by atoms with Gasteiger partial charge in [-0.1, -0.05) is 49.9 Å². The fourth-order valence-electron chi connectivity index (χ4n) is 3.22. The van der Waals surface area contributed by atoms with Crippen LogP contribution in [0.3, 0.4) is 0 Å². The minimum atomic E-state index is -0.0291. The number of carbonyl (C=O) groups excluding carboxylic acids is 1. The van der Waals surface area contributed by atoms with Gasteiger partial charge in [0.15, 0.2) is 5.16 Å². The van der Waals surface area contributed by atoms with Gasteiger partial charge in [-0.15, -0.1) is 0 Å². The molecule has 30 heavy (non-hydrogen) atoms. The number of hydrogen-bond acceptors (Lipinski definition) is 4. The highest BCUT2D eigenvalue weighted by atomic mass is 32.2. The first-order chi connectivity index (χ1) is 14.5. The molecule has 1 aromatic heterocycles. The van der Waals surface area contributed by atoms with Crippen molar-refractivity contribution < 1.29 is 4.79 Å². The number of nitrogens with one attached hydrogen (secondary N) is 1. The number of hydrogen-bond donors (Lipinski definition) is 1. The van der Waals surface area contributed by atoms with Crippen LogP contribution in [0.15, 0.2) is 58.5 Å². The van der Waals surface area contributed by atoms with E-state index in [1.807, 2.05) is 48.5 Å². The van der Waals surface area contributed by atoms with Gasteiger partial charge in [-0.3, -0.25) is 14.2 Å². The van der Waals surface area contributed by atoms with E-state index in [0.717, 1.165) is 41.3 Å². The second-order valence-electron chi connectivity index (χ2n) is 8.28. The molecule has 1 amide bonds. The largest absolute Gasteiger partial charge is 0.349 e. The van der Waals surface area contributed by atoms with Crippen LogP contribution in [-0.4, -0.2) is 27.3 Å². The molecule has 2 aromatic carbocycles. The maximum atomic E-state index is 13.2. The van der Waals surface area contributed by atoms with Crippen LogP contribution in [0.1, 0.15) is 49.0 Å². The number of aromatic nitrogens is 2. The lowest BCUT2D eigenvalue weighted by Gasteiger charge is -2.14. The van der Waals surface area contributed by atoms with Crippen LogP contribution >= 0.6 is 11.8 Å². The Morgan fingerprint density at radius 1 is 1.17 bits per heavy atom. The summed E-state index contributed by atoms with van der Waals surface area (Å²) in [5.41, 5.74) is 2.34. The van der Waals surface area contributed by atoms with E-state index in [9.17, 15) is 9.59 Å². The zero-order valence-corrected chi connectivity index (χ0v) is 18.2. The van der Waals surface area contributed by atoms with Crippen LogP contribution in [0, 0.1) is 5.92 Å². The van der Waals surface area contributed by atoms with Crippen molar-refractivity contribution in [1.82, 2.24) is 14.9 Å². The molecule has 0 aliphatic heterocycles. The SMILES string of the molecule is CC(C)CCSc1nc2ccccc2c(=O)n1Cc1ccc(C(=O)NC2CC2)cc1. The number of nitrogens with zero attached hydrogens (tertiary/aromatic N) is 2. The molecule has 0 atom stereocenters. The van der Waals surface area contributed by atoms with Gasteiger partial charge in [0.05, 0.1) is 17.4 Å². The van der Waals surface area contributed by atoms with Crippen LogP contribution in [-0.2, 0) is 6.54 Å². The van der Waals surface area contributed by atoms with Gasteiger partial charge >= 0.3 is 0 Å². The lowest BCUT2D eigenvalue weighted by Crippen LogP contribution is -2.25. The fourth-order valence-corrected chi connectivity index (χ4v) is 4.46. The number of benzene rings is 2. The van der Waals surface area contributed by atoms with E-state index >= 15 is 0 Å². The Labute approximate surface area is 180 Å². The maximum absolute atomic E-state index is 13.2. The second-order valence-corrected chi connectivity index (χ2v) is 9.34. The molecule has 0 radical (unpaired) electrons. The summed E-state index contributed by atoms with van der Waals surface area (Å²) < 4.78 is 1.76. The van der Waals surface area contributed by atoms with E-state index < -0.39 is 0 Å². The molecular formula is C24H27N3O2S. The van der Waals surface area contributed by atoms with Gasteiger partial charge < -0.3 is 5.32 Å². The highest BCUT2D eigenvalue weighted by Gasteiger charge is 2.23.